The molecule has 2 heterocycles. The molecule has 1 amide bonds. The van der Waals surface area contributed by atoms with Crippen molar-refractivity contribution in [3.05, 3.63) is 42.7 Å². The molecule has 0 aliphatic carbocycles. The molecule has 0 unspecified atom stereocenters. The fourth-order valence-electron chi connectivity index (χ4n) is 3.13. The summed E-state index contributed by atoms with van der Waals surface area (Å²) in [6, 6.07) is 9.64. The van der Waals surface area contributed by atoms with E-state index in [9.17, 15) is 4.79 Å². The maximum absolute atomic E-state index is 12.1. The zero-order valence-electron chi connectivity index (χ0n) is 13.4. The van der Waals surface area contributed by atoms with Crippen LogP contribution in [0.4, 0.5) is 5.69 Å². The molecule has 0 bridgehead atoms. The number of rotatable bonds is 5. The summed E-state index contributed by atoms with van der Waals surface area (Å²) >= 11 is 0. The van der Waals surface area contributed by atoms with Crippen LogP contribution in [-0.4, -0.2) is 54.6 Å². The lowest BCUT2D eigenvalue weighted by molar-refractivity contribution is -0.117. The zero-order valence-corrected chi connectivity index (χ0v) is 13.4. The van der Waals surface area contributed by atoms with Crippen molar-refractivity contribution < 1.29 is 4.79 Å². The number of para-hydroxylation sites is 1. The van der Waals surface area contributed by atoms with Gasteiger partial charge in [-0.05, 0) is 44.0 Å². The number of anilines is 1. The second kappa shape index (κ2) is 7.92. The zero-order chi connectivity index (χ0) is 15.9. The quantitative estimate of drug-likeness (QED) is 0.907. The highest BCUT2D eigenvalue weighted by molar-refractivity contribution is 5.92. The third kappa shape index (κ3) is 4.93. The molecular weight excluding hydrogens is 288 g/mol. The summed E-state index contributed by atoms with van der Waals surface area (Å²) in [7, 11) is 0. The molecular formula is C18H24N4O. The molecule has 0 radical (unpaired) electrons. The van der Waals surface area contributed by atoms with Gasteiger partial charge in [0.15, 0.2) is 0 Å². The summed E-state index contributed by atoms with van der Waals surface area (Å²) in [6.45, 7) is 4.48. The molecule has 5 heteroatoms. The van der Waals surface area contributed by atoms with Crippen molar-refractivity contribution in [1.29, 1.82) is 0 Å². The Hall–Kier alpha value is -2.14. The van der Waals surface area contributed by atoms with Crippen LogP contribution in [-0.2, 0) is 4.79 Å². The Bertz CT molecular complexity index is 562. The Morgan fingerprint density at radius 1 is 1.22 bits per heavy atom. The fourth-order valence-corrected chi connectivity index (χ4v) is 3.13. The van der Waals surface area contributed by atoms with Crippen LogP contribution < -0.4 is 5.32 Å². The fraction of sp³-hybridized carbons (Fsp3) is 0.444. The summed E-state index contributed by atoms with van der Waals surface area (Å²) in [5.74, 6) is 0.782. The lowest BCUT2D eigenvalue weighted by Gasteiger charge is -2.34. The van der Waals surface area contributed by atoms with E-state index in [0.717, 1.165) is 44.7 Å². The van der Waals surface area contributed by atoms with Crippen molar-refractivity contribution in [1.82, 2.24) is 9.80 Å². The normalized spacial score (nSPS) is 19.0. The average molecular weight is 312 g/mol. The predicted molar refractivity (Wildman–Crippen MR) is 93.4 cm³/mol. The smallest absolute Gasteiger partial charge is 0.238 e. The molecule has 0 saturated carbocycles. The van der Waals surface area contributed by atoms with Crippen LogP contribution in [0, 0.1) is 5.92 Å². The van der Waals surface area contributed by atoms with Crippen LogP contribution in [0.15, 0.2) is 47.7 Å². The summed E-state index contributed by atoms with van der Waals surface area (Å²) in [6.07, 6.45) is 8.18. The number of carbonyl (C=O) groups is 1. The number of hydrogen-bond donors (Lipinski definition) is 1. The highest BCUT2D eigenvalue weighted by Crippen LogP contribution is 2.19. The van der Waals surface area contributed by atoms with E-state index in [1.807, 2.05) is 42.7 Å². The molecule has 0 aromatic heterocycles. The van der Waals surface area contributed by atoms with Gasteiger partial charge >= 0.3 is 0 Å². The van der Waals surface area contributed by atoms with Gasteiger partial charge in [-0.25, -0.2) is 0 Å². The molecule has 1 fully saturated rings. The molecule has 0 spiro atoms. The van der Waals surface area contributed by atoms with E-state index in [4.69, 9.17) is 0 Å². The first-order valence-electron chi connectivity index (χ1n) is 8.29. The number of nitrogens with one attached hydrogen (secondary N) is 1. The molecule has 0 atom stereocenters. The van der Waals surface area contributed by atoms with Crippen LogP contribution in [0.3, 0.4) is 0 Å². The first-order chi connectivity index (χ1) is 11.3. The van der Waals surface area contributed by atoms with E-state index in [2.05, 4.69) is 26.3 Å². The number of hydrogen-bond acceptors (Lipinski definition) is 4. The molecule has 3 rings (SSSR count). The van der Waals surface area contributed by atoms with E-state index in [1.54, 1.807) is 0 Å². The Balaban J connectivity index is 1.38. The number of likely N-dealkylation sites (tertiary alicyclic amines) is 1. The van der Waals surface area contributed by atoms with Gasteiger partial charge in [-0.1, -0.05) is 18.2 Å². The standard InChI is InChI=1S/C18H24N4O/c23-18(20-17-4-2-1-3-5-17)15-21-10-6-16(7-11-21)14-22-12-8-19-9-13-22/h1-5,8-9,12,16H,6-7,10-11,13-15H2,(H,20,23). The van der Waals surface area contributed by atoms with E-state index in [1.165, 1.54) is 0 Å². The van der Waals surface area contributed by atoms with Crippen molar-refractivity contribution in [2.24, 2.45) is 10.9 Å². The molecule has 1 saturated heterocycles. The number of nitrogens with zero attached hydrogens (tertiary/aromatic N) is 3. The minimum atomic E-state index is 0.0739. The van der Waals surface area contributed by atoms with E-state index in [-0.39, 0.29) is 5.91 Å². The third-order valence-corrected chi connectivity index (χ3v) is 4.41. The molecule has 2 aliphatic heterocycles. The molecule has 122 valence electrons. The van der Waals surface area contributed by atoms with E-state index >= 15 is 0 Å². The summed E-state index contributed by atoms with van der Waals surface area (Å²) < 4.78 is 0. The van der Waals surface area contributed by atoms with Gasteiger partial charge in [-0.15, -0.1) is 0 Å². The van der Waals surface area contributed by atoms with Crippen molar-refractivity contribution in [2.75, 3.05) is 38.0 Å². The van der Waals surface area contributed by atoms with Gasteiger partial charge in [0.2, 0.25) is 5.91 Å². The summed E-state index contributed by atoms with van der Waals surface area (Å²) in [5, 5.41) is 2.95. The Labute approximate surface area is 137 Å². The summed E-state index contributed by atoms with van der Waals surface area (Å²) in [4.78, 5) is 20.8. The van der Waals surface area contributed by atoms with Crippen LogP contribution in [0.1, 0.15) is 12.8 Å². The first kappa shape index (κ1) is 15.7. The van der Waals surface area contributed by atoms with Gasteiger partial charge in [-0.3, -0.25) is 14.7 Å². The average Bonchev–Trinajstić information content (AvgIpc) is 2.58. The van der Waals surface area contributed by atoms with Crippen molar-refractivity contribution in [3.8, 4) is 0 Å². The first-order valence-corrected chi connectivity index (χ1v) is 8.29. The van der Waals surface area contributed by atoms with Crippen LogP contribution in [0.5, 0.6) is 0 Å². The molecule has 1 aromatic carbocycles. The monoisotopic (exact) mass is 312 g/mol. The molecule has 23 heavy (non-hydrogen) atoms. The van der Waals surface area contributed by atoms with Gasteiger partial charge in [0, 0.05) is 30.8 Å². The lowest BCUT2D eigenvalue weighted by atomic mass is 9.96. The van der Waals surface area contributed by atoms with Gasteiger partial charge < -0.3 is 10.2 Å². The van der Waals surface area contributed by atoms with Crippen LogP contribution >= 0.6 is 0 Å². The second-order valence-electron chi connectivity index (χ2n) is 6.22. The molecule has 1 aromatic rings. The Morgan fingerprint density at radius 2 is 2.00 bits per heavy atom. The maximum atomic E-state index is 12.1. The third-order valence-electron chi connectivity index (χ3n) is 4.41. The minimum Gasteiger partial charge on any atom is -0.371 e. The molecule has 2 aliphatic rings. The number of benzene rings is 1. The predicted octanol–water partition coefficient (Wildman–Crippen LogP) is 2.19. The largest absolute Gasteiger partial charge is 0.371 e. The van der Waals surface area contributed by atoms with Crippen molar-refractivity contribution >= 4 is 17.8 Å². The SMILES string of the molecule is O=C(CN1CCC(CN2C=CN=CC2)CC1)Nc1ccccc1. The van der Waals surface area contributed by atoms with E-state index in [0.29, 0.717) is 12.5 Å². The van der Waals surface area contributed by atoms with E-state index < -0.39 is 0 Å². The van der Waals surface area contributed by atoms with Gasteiger partial charge in [0.1, 0.15) is 0 Å². The van der Waals surface area contributed by atoms with Gasteiger partial charge in [0.05, 0.1) is 13.1 Å². The second-order valence-corrected chi connectivity index (χ2v) is 6.22. The molecule has 5 nitrogen and oxygen atoms in total. The highest BCUT2D eigenvalue weighted by atomic mass is 16.2. The Kier molecular flexibility index (Phi) is 5.42. The lowest BCUT2D eigenvalue weighted by Crippen LogP contribution is -2.41. The number of carbonyl (C=O) groups excluding carboxylic acids is 1. The number of aliphatic imine (C=N–C) groups is 1. The Morgan fingerprint density at radius 3 is 2.70 bits per heavy atom. The summed E-state index contributed by atoms with van der Waals surface area (Å²) in [5.41, 5.74) is 0.867. The number of piperidine rings is 1. The van der Waals surface area contributed by atoms with Gasteiger partial charge in [0.25, 0.3) is 0 Å². The topological polar surface area (TPSA) is 47.9 Å². The highest BCUT2D eigenvalue weighted by Gasteiger charge is 2.22. The minimum absolute atomic E-state index is 0.0739. The van der Waals surface area contributed by atoms with Crippen molar-refractivity contribution in [2.45, 2.75) is 12.8 Å². The maximum Gasteiger partial charge on any atom is 0.238 e. The van der Waals surface area contributed by atoms with Crippen LogP contribution in [0.2, 0.25) is 0 Å². The number of amides is 1. The van der Waals surface area contributed by atoms with Crippen molar-refractivity contribution in [3.63, 3.8) is 0 Å². The molecule has 1 N–H and O–H groups in total. The van der Waals surface area contributed by atoms with Gasteiger partial charge in [-0.2, -0.15) is 0 Å². The van der Waals surface area contributed by atoms with Crippen LogP contribution in [0.25, 0.3) is 0 Å².